The smallest absolute Gasteiger partial charge is 0.224 e. The highest BCUT2D eigenvalue weighted by molar-refractivity contribution is 7.99. The molecule has 0 radical (unpaired) electrons. The molecular formula is C37H39N7O6S. The molecule has 6 N–H and O–H groups in total. The van der Waals surface area contributed by atoms with E-state index in [0.717, 1.165) is 27.9 Å². The van der Waals surface area contributed by atoms with E-state index in [1.807, 2.05) is 48.5 Å². The van der Waals surface area contributed by atoms with Crippen molar-refractivity contribution in [2.75, 3.05) is 16.8 Å². The third-order valence-corrected chi connectivity index (χ3v) is 9.38. The highest BCUT2D eigenvalue weighted by Gasteiger charge is 2.32. The van der Waals surface area contributed by atoms with E-state index < -0.39 is 6.29 Å². The van der Waals surface area contributed by atoms with E-state index in [1.165, 1.54) is 11.8 Å². The van der Waals surface area contributed by atoms with E-state index in [0.29, 0.717) is 41.7 Å². The van der Waals surface area contributed by atoms with Crippen LogP contribution in [0, 0.1) is 0 Å². The first-order chi connectivity index (χ1) is 24.8. The van der Waals surface area contributed by atoms with Crippen LogP contribution in [0.3, 0.4) is 0 Å². The minimum atomic E-state index is -0.652. The molecule has 264 valence electrons. The molecule has 0 bridgehead atoms. The van der Waals surface area contributed by atoms with E-state index in [9.17, 15) is 19.8 Å². The van der Waals surface area contributed by atoms with Crippen molar-refractivity contribution in [1.82, 2.24) is 25.5 Å². The van der Waals surface area contributed by atoms with Crippen molar-refractivity contribution in [1.29, 1.82) is 0 Å². The fourth-order valence-electron chi connectivity index (χ4n) is 5.53. The van der Waals surface area contributed by atoms with Gasteiger partial charge >= 0.3 is 0 Å². The number of hydrogen-bond donors (Lipinski definition) is 5. The zero-order chi connectivity index (χ0) is 35.6. The summed E-state index contributed by atoms with van der Waals surface area (Å²) in [7, 11) is 0. The Morgan fingerprint density at radius 1 is 0.882 bits per heavy atom. The molecule has 5 aromatic rings. The van der Waals surface area contributed by atoms with Crippen molar-refractivity contribution in [2.45, 2.75) is 62.5 Å². The van der Waals surface area contributed by atoms with Crippen LogP contribution < -0.4 is 16.4 Å². The van der Waals surface area contributed by atoms with Crippen molar-refractivity contribution in [3.63, 3.8) is 0 Å². The number of carbonyl (C=O) groups is 2. The summed E-state index contributed by atoms with van der Waals surface area (Å²) < 4.78 is 14.6. The quantitative estimate of drug-likeness (QED) is 0.0753. The van der Waals surface area contributed by atoms with Gasteiger partial charge in [0, 0.05) is 37.1 Å². The zero-order valence-electron chi connectivity index (χ0n) is 27.7. The highest BCUT2D eigenvalue weighted by atomic mass is 32.2. The number of thioether (sulfide) groups is 1. The summed E-state index contributed by atoms with van der Waals surface area (Å²) in [5.74, 6) is 0.373. The van der Waals surface area contributed by atoms with E-state index in [-0.39, 0.29) is 49.2 Å². The number of hydrogen-bond acceptors (Lipinski definition) is 11. The topological polar surface area (TPSA) is 187 Å². The lowest BCUT2D eigenvalue weighted by Gasteiger charge is -2.36. The Morgan fingerprint density at radius 3 is 2.33 bits per heavy atom. The number of nitrogens with zero attached hydrogens (tertiary/aromatic N) is 4. The molecule has 1 aliphatic rings. The number of rotatable bonds is 14. The molecular weight excluding hydrogens is 671 g/mol. The molecule has 2 heterocycles. The Hall–Kier alpha value is -5.28. The number of nitrogens with one attached hydrogen (secondary N) is 2. The van der Waals surface area contributed by atoms with Crippen LogP contribution >= 0.6 is 11.8 Å². The number of aliphatic hydroxyl groups excluding tert-OH is 1. The minimum absolute atomic E-state index is 0.0405. The number of aromatic nitrogens is 4. The molecule has 0 saturated carbocycles. The summed E-state index contributed by atoms with van der Waals surface area (Å²) in [6.45, 7) is 0.300. The number of ether oxygens (including phenoxy) is 2. The second kappa shape index (κ2) is 17.1. The number of carbonyl (C=O) groups excluding carboxylic acids is 2. The summed E-state index contributed by atoms with van der Waals surface area (Å²) >= 11 is 1.46. The van der Waals surface area contributed by atoms with E-state index in [1.54, 1.807) is 53.2 Å². The maximum Gasteiger partial charge on any atom is 0.224 e. The van der Waals surface area contributed by atoms with Crippen LogP contribution in [0.4, 0.5) is 11.4 Å². The van der Waals surface area contributed by atoms with Crippen LogP contribution in [0.2, 0.25) is 0 Å². The molecule has 0 spiro atoms. The van der Waals surface area contributed by atoms with Crippen molar-refractivity contribution in [3.8, 4) is 11.4 Å². The van der Waals surface area contributed by atoms with Gasteiger partial charge in [0.1, 0.15) is 5.75 Å². The SMILES string of the molecule is Nc1ccccc1NC(=O)CCCC(=O)NCc1ccc([C@H]2O[C@@H](CSc3nnnn3-c3ccc(O)cc3)C[C@@H](c3ccc(CO)cc3)O2)cc1. The van der Waals surface area contributed by atoms with Crippen molar-refractivity contribution < 1.29 is 29.3 Å². The average Bonchev–Trinajstić information content (AvgIpc) is 3.63. The van der Waals surface area contributed by atoms with Gasteiger partial charge in [0.05, 0.1) is 35.9 Å². The molecule has 0 unspecified atom stereocenters. The number of amides is 2. The average molecular weight is 710 g/mol. The second-order valence-electron chi connectivity index (χ2n) is 12.1. The number of aromatic hydroxyl groups is 1. The van der Waals surface area contributed by atoms with Gasteiger partial charge in [-0.05, 0) is 69.9 Å². The van der Waals surface area contributed by atoms with Crippen LogP contribution in [0.1, 0.15) is 60.3 Å². The Bertz CT molecular complexity index is 1900. The number of phenolic OH excluding ortho intramolecular Hbond substituents is 1. The van der Waals surface area contributed by atoms with Crippen LogP contribution in [0.15, 0.2) is 102 Å². The molecule has 1 fully saturated rings. The normalized spacial score (nSPS) is 17.2. The Kier molecular flexibility index (Phi) is 11.9. The lowest BCUT2D eigenvalue weighted by molar-refractivity contribution is -0.245. The molecule has 4 aromatic carbocycles. The third-order valence-electron chi connectivity index (χ3n) is 8.33. The number of tetrazole rings is 1. The predicted octanol–water partition coefficient (Wildman–Crippen LogP) is 5.21. The number of benzene rings is 4. The lowest BCUT2D eigenvalue weighted by Crippen LogP contribution is -2.31. The predicted molar refractivity (Wildman–Crippen MR) is 192 cm³/mol. The molecule has 1 saturated heterocycles. The number of nitrogen functional groups attached to an aromatic ring is 1. The van der Waals surface area contributed by atoms with Gasteiger partial charge in [0.25, 0.3) is 0 Å². The van der Waals surface area contributed by atoms with Gasteiger partial charge in [-0.3, -0.25) is 9.59 Å². The molecule has 14 heteroatoms. The first-order valence-electron chi connectivity index (χ1n) is 16.6. The molecule has 3 atom stereocenters. The van der Waals surface area contributed by atoms with Gasteiger partial charge in [-0.15, -0.1) is 5.10 Å². The number of aliphatic hydroxyl groups is 1. The van der Waals surface area contributed by atoms with Crippen LogP contribution in [0.25, 0.3) is 5.69 Å². The first kappa shape index (κ1) is 35.5. The Balaban J connectivity index is 1.04. The summed E-state index contributed by atoms with van der Waals surface area (Å²) in [5, 5.41) is 37.6. The molecule has 1 aromatic heterocycles. The Labute approximate surface area is 299 Å². The highest BCUT2D eigenvalue weighted by Crippen LogP contribution is 2.39. The number of nitrogens with two attached hydrogens (primary N) is 1. The molecule has 13 nitrogen and oxygen atoms in total. The zero-order valence-corrected chi connectivity index (χ0v) is 28.5. The maximum atomic E-state index is 12.5. The van der Waals surface area contributed by atoms with Crippen molar-refractivity contribution in [3.05, 3.63) is 119 Å². The molecule has 0 aliphatic carbocycles. The van der Waals surface area contributed by atoms with Gasteiger partial charge in [-0.2, -0.15) is 4.68 Å². The fraction of sp³-hybridized carbons (Fsp3) is 0.270. The standard InChI is InChI=1S/C37H39N7O6S/c38-31-4-1-2-5-32(31)40-35(48)7-3-6-34(47)39-21-24-8-14-27(15-9-24)36-49-30(20-33(50-36)26-12-10-25(22-45)11-13-26)23-51-37-41-42-43-44(37)28-16-18-29(46)19-17-28/h1-2,4-5,8-19,30,33,36,45-46H,3,6-7,20-23,38H2,(H,39,47)(H,40,48)/t30-,33+,36+/m1/s1. The molecule has 51 heavy (non-hydrogen) atoms. The van der Waals surface area contributed by atoms with Crippen molar-refractivity contribution in [2.24, 2.45) is 0 Å². The van der Waals surface area contributed by atoms with Crippen LogP contribution in [-0.4, -0.2) is 54.1 Å². The first-order valence-corrected chi connectivity index (χ1v) is 17.5. The van der Waals surface area contributed by atoms with Crippen molar-refractivity contribution >= 4 is 35.0 Å². The number of phenols is 1. The fourth-order valence-corrected chi connectivity index (χ4v) is 6.44. The van der Waals surface area contributed by atoms with Gasteiger partial charge < -0.3 is 36.1 Å². The summed E-state index contributed by atoms with van der Waals surface area (Å²) in [6.07, 6.45) is 0.304. The van der Waals surface area contributed by atoms with E-state index in [2.05, 4.69) is 26.2 Å². The monoisotopic (exact) mass is 709 g/mol. The molecule has 1 aliphatic heterocycles. The van der Waals surface area contributed by atoms with Gasteiger partial charge in [0.2, 0.25) is 17.0 Å². The molecule has 2 amide bonds. The lowest BCUT2D eigenvalue weighted by atomic mass is 10.0. The largest absolute Gasteiger partial charge is 0.508 e. The maximum absolute atomic E-state index is 12.5. The third kappa shape index (κ3) is 9.70. The van der Waals surface area contributed by atoms with Gasteiger partial charge in [-0.1, -0.05) is 72.4 Å². The number of para-hydroxylation sites is 2. The van der Waals surface area contributed by atoms with E-state index >= 15 is 0 Å². The van der Waals surface area contributed by atoms with E-state index in [4.69, 9.17) is 15.2 Å². The number of anilines is 2. The summed E-state index contributed by atoms with van der Waals surface area (Å²) in [6, 6.07) is 29.1. The van der Waals surface area contributed by atoms with Gasteiger partial charge in [-0.25, -0.2) is 0 Å². The summed E-state index contributed by atoms with van der Waals surface area (Å²) in [5.41, 5.74) is 11.2. The Morgan fingerprint density at radius 2 is 1.59 bits per heavy atom. The molecule has 6 rings (SSSR count). The second-order valence-corrected chi connectivity index (χ2v) is 13.0. The minimum Gasteiger partial charge on any atom is -0.508 e. The van der Waals surface area contributed by atoms with Crippen LogP contribution in [0.5, 0.6) is 5.75 Å². The summed E-state index contributed by atoms with van der Waals surface area (Å²) in [4.78, 5) is 24.7. The van der Waals surface area contributed by atoms with Crippen LogP contribution in [-0.2, 0) is 32.2 Å². The van der Waals surface area contributed by atoms with Gasteiger partial charge in [0.15, 0.2) is 6.29 Å².